The topological polar surface area (TPSA) is 35.6 Å². The molecule has 0 bridgehead atoms. The number of benzene rings is 7. The average molecular weight is 613 g/mol. The summed E-state index contributed by atoms with van der Waals surface area (Å²) < 4.78 is 4.52. The zero-order chi connectivity index (χ0) is 31.6. The van der Waals surface area contributed by atoms with Gasteiger partial charge in [0, 0.05) is 39.0 Å². The third-order valence-corrected chi connectivity index (χ3v) is 9.55. The van der Waals surface area contributed by atoms with Crippen molar-refractivity contribution in [1.29, 1.82) is 0 Å². The van der Waals surface area contributed by atoms with E-state index in [0.717, 1.165) is 38.9 Å². The fraction of sp³-hybridized carbons (Fsp3) is 0. The summed E-state index contributed by atoms with van der Waals surface area (Å²) in [5.74, 6) is 0.658. The van der Waals surface area contributed by atoms with Crippen molar-refractivity contribution in [3.63, 3.8) is 0 Å². The Kier molecular flexibility index (Phi) is 5.84. The number of aromatic nitrogens is 4. The Bertz CT molecular complexity index is 2820. The number of hydrogen-bond acceptors (Lipinski definition) is 2. The zero-order valence-corrected chi connectivity index (χ0v) is 26.0. The fourth-order valence-corrected chi connectivity index (χ4v) is 7.27. The number of para-hydroxylation sites is 3. The molecule has 0 unspecified atom stereocenters. The van der Waals surface area contributed by atoms with Crippen LogP contribution >= 0.6 is 0 Å². The fourth-order valence-electron chi connectivity index (χ4n) is 7.27. The van der Waals surface area contributed by atoms with E-state index in [-0.39, 0.29) is 0 Å². The maximum atomic E-state index is 5.35. The highest BCUT2D eigenvalue weighted by Gasteiger charge is 2.20. The molecule has 48 heavy (non-hydrogen) atoms. The molecule has 0 aliphatic heterocycles. The summed E-state index contributed by atoms with van der Waals surface area (Å²) in [6.45, 7) is 0. The van der Waals surface area contributed by atoms with E-state index < -0.39 is 0 Å². The van der Waals surface area contributed by atoms with Gasteiger partial charge in [-0.15, -0.1) is 0 Å². The minimum atomic E-state index is 0.658. The predicted octanol–water partition coefficient (Wildman–Crippen LogP) is 11.2. The lowest BCUT2D eigenvalue weighted by atomic mass is 9.99. The standard InChI is InChI=1S/C44H28N4/c1-2-12-35(13-3-1)47-27-26-32-24-25-40-41(43(32)47)37-15-7-9-17-39(37)48(40)44-45-38-16-8-6-14-36(38)42(46-44)31-21-18-30(19-22-31)34-23-20-29-10-4-5-11-33(29)28-34/h1-28H. The summed E-state index contributed by atoms with van der Waals surface area (Å²) >= 11 is 0. The number of fused-ring (bicyclic) bond motifs is 7. The Balaban J connectivity index is 1.18. The van der Waals surface area contributed by atoms with E-state index in [0.29, 0.717) is 5.95 Å². The summed E-state index contributed by atoms with van der Waals surface area (Å²) in [4.78, 5) is 10.5. The van der Waals surface area contributed by atoms with Gasteiger partial charge in [0.1, 0.15) is 0 Å². The monoisotopic (exact) mass is 612 g/mol. The van der Waals surface area contributed by atoms with Crippen molar-refractivity contribution in [3.05, 3.63) is 170 Å². The molecular weight excluding hydrogens is 585 g/mol. The average Bonchev–Trinajstić information content (AvgIpc) is 3.74. The van der Waals surface area contributed by atoms with Crippen LogP contribution in [0.4, 0.5) is 0 Å². The van der Waals surface area contributed by atoms with Crippen molar-refractivity contribution in [1.82, 2.24) is 19.1 Å². The van der Waals surface area contributed by atoms with Crippen LogP contribution in [-0.2, 0) is 0 Å². The molecule has 4 nitrogen and oxygen atoms in total. The van der Waals surface area contributed by atoms with Crippen LogP contribution in [0.3, 0.4) is 0 Å². The second kappa shape index (κ2) is 10.5. The van der Waals surface area contributed by atoms with E-state index in [9.17, 15) is 0 Å². The maximum absolute atomic E-state index is 5.35. The summed E-state index contributed by atoms with van der Waals surface area (Å²) in [5, 5.41) is 7.07. The van der Waals surface area contributed by atoms with Crippen LogP contribution < -0.4 is 0 Å². The minimum Gasteiger partial charge on any atom is -0.316 e. The third kappa shape index (κ3) is 4.10. The maximum Gasteiger partial charge on any atom is 0.235 e. The van der Waals surface area contributed by atoms with Gasteiger partial charge in [0.2, 0.25) is 5.95 Å². The first-order valence-electron chi connectivity index (χ1n) is 16.3. The van der Waals surface area contributed by atoms with Crippen LogP contribution in [0.15, 0.2) is 170 Å². The van der Waals surface area contributed by atoms with Crippen molar-refractivity contribution in [2.45, 2.75) is 0 Å². The molecule has 224 valence electrons. The number of hydrogen-bond donors (Lipinski definition) is 0. The third-order valence-electron chi connectivity index (χ3n) is 9.55. The molecule has 0 saturated heterocycles. The van der Waals surface area contributed by atoms with Crippen LogP contribution in [0.5, 0.6) is 0 Å². The molecule has 0 saturated carbocycles. The second-order valence-electron chi connectivity index (χ2n) is 12.3. The molecule has 10 rings (SSSR count). The Morgan fingerprint density at radius 2 is 1.12 bits per heavy atom. The van der Waals surface area contributed by atoms with E-state index in [2.05, 4.69) is 173 Å². The Morgan fingerprint density at radius 1 is 0.438 bits per heavy atom. The highest BCUT2D eigenvalue weighted by atomic mass is 15.2. The van der Waals surface area contributed by atoms with E-state index in [1.807, 2.05) is 6.07 Å². The summed E-state index contributed by atoms with van der Waals surface area (Å²) in [5.41, 5.74) is 9.73. The molecule has 0 aliphatic carbocycles. The lowest BCUT2D eigenvalue weighted by molar-refractivity contribution is 1.01. The van der Waals surface area contributed by atoms with E-state index in [1.165, 1.54) is 43.6 Å². The molecular formula is C44H28N4. The van der Waals surface area contributed by atoms with Crippen molar-refractivity contribution >= 4 is 54.4 Å². The van der Waals surface area contributed by atoms with Crippen LogP contribution in [0.25, 0.3) is 88.4 Å². The predicted molar refractivity (Wildman–Crippen MR) is 199 cm³/mol. The smallest absolute Gasteiger partial charge is 0.235 e. The first-order valence-corrected chi connectivity index (χ1v) is 16.3. The van der Waals surface area contributed by atoms with Gasteiger partial charge in [-0.1, -0.05) is 121 Å². The molecule has 3 aromatic heterocycles. The highest BCUT2D eigenvalue weighted by molar-refractivity contribution is 6.20. The van der Waals surface area contributed by atoms with E-state index in [4.69, 9.17) is 9.97 Å². The molecule has 7 aromatic carbocycles. The van der Waals surface area contributed by atoms with Gasteiger partial charge in [-0.3, -0.25) is 4.57 Å². The molecule has 0 atom stereocenters. The number of nitrogens with zero attached hydrogens (tertiary/aromatic N) is 4. The lowest BCUT2D eigenvalue weighted by Gasteiger charge is -2.12. The quantitative estimate of drug-likeness (QED) is 0.198. The minimum absolute atomic E-state index is 0.658. The SMILES string of the molecule is c1ccc(-n2ccc3ccc4c(c5ccccc5n4-c4nc(-c5ccc(-c6ccc7ccccc7c6)cc5)c5ccccc5n4)c32)cc1. The van der Waals surface area contributed by atoms with Crippen molar-refractivity contribution in [3.8, 4) is 34.0 Å². The molecule has 0 radical (unpaired) electrons. The van der Waals surface area contributed by atoms with E-state index in [1.54, 1.807) is 0 Å². The second-order valence-corrected chi connectivity index (χ2v) is 12.3. The highest BCUT2D eigenvalue weighted by Crippen LogP contribution is 2.39. The molecule has 0 spiro atoms. The van der Waals surface area contributed by atoms with Gasteiger partial charge in [0.15, 0.2) is 0 Å². The van der Waals surface area contributed by atoms with Gasteiger partial charge in [-0.25, -0.2) is 9.97 Å². The lowest BCUT2D eigenvalue weighted by Crippen LogP contribution is -2.03. The van der Waals surface area contributed by atoms with Crippen LogP contribution in [-0.4, -0.2) is 19.1 Å². The molecule has 3 heterocycles. The van der Waals surface area contributed by atoms with Gasteiger partial charge < -0.3 is 4.57 Å². The van der Waals surface area contributed by atoms with Crippen LogP contribution in [0.1, 0.15) is 0 Å². The Morgan fingerprint density at radius 3 is 2.00 bits per heavy atom. The number of rotatable bonds is 4. The molecule has 10 aromatic rings. The zero-order valence-electron chi connectivity index (χ0n) is 26.0. The molecule has 0 aliphatic rings. The normalized spacial score (nSPS) is 11.8. The van der Waals surface area contributed by atoms with Gasteiger partial charge >= 0.3 is 0 Å². The Labute approximate surface area is 276 Å². The summed E-state index contributed by atoms with van der Waals surface area (Å²) in [7, 11) is 0. The van der Waals surface area contributed by atoms with Gasteiger partial charge in [-0.2, -0.15) is 0 Å². The first kappa shape index (κ1) is 26.7. The molecule has 0 amide bonds. The Hall–Kier alpha value is -6.52. The first-order chi connectivity index (χ1) is 23.8. The van der Waals surface area contributed by atoms with Crippen LogP contribution in [0, 0.1) is 0 Å². The summed E-state index contributed by atoms with van der Waals surface area (Å²) in [6.07, 6.45) is 2.16. The molecule has 4 heteroatoms. The van der Waals surface area contributed by atoms with E-state index >= 15 is 0 Å². The van der Waals surface area contributed by atoms with Crippen LogP contribution in [0.2, 0.25) is 0 Å². The summed E-state index contributed by atoms with van der Waals surface area (Å²) in [6, 6.07) is 58.0. The molecule has 0 N–H and O–H groups in total. The largest absolute Gasteiger partial charge is 0.316 e. The van der Waals surface area contributed by atoms with Gasteiger partial charge in [0.25, 0.3) is 0 Å². The van der Waals surface area contributed by atoms with Crippen molar-refractivity contribution in [2.24, 2.45) is 0 Å². The van der Waals surface area contributed by atoms with Crippen molar-refractivity contribution < 1.29 is 0 Å². The van der Waals surface area contributed by atoms with Gasteiger partial charge in [0.05, 0.1) is 27.8 Å². The van der Waals surface area contributed by atoms with Gasteiger partial charge in [-0.05, 0) is 64.4 Å². The van der Waals surface area contributed by atoms with Crippen molar-refractivity contribution in [2.75, 3.05) is 0 Å². The molecule has 0 fully saturated rings.